The molecule has 0 saturated carbocycles. The predicted octanol–water partition coefficient (Wildman–Crippen LogP) is 4.44. The Morgan fingerprint density at radius 1 is 1.26 bits per heavy atom. The quantitative estimate of drug-likeness (QED) is 0.700. The Kier molecular flexibility index (Phi) is 6.06. The van der Waals surface area contributed by atoms with Crippen molar-refractivity contribution in [2.24, 2.45) is 5.92 Å². The van der Waals surface area contributed by atoms with Gasteiger partial charge < -0.3 is 14.4 Å². The maximum Gasteiger partial charge on any atom is 0.410 e. The second-order valence-electron chi connectivity index (χ2n) is 8.94. The van der Waals surface area contributed by atoms with E-state index in [0.29, 0.717) is 19.0 Å². The van der Waals surface area contributed by atoms with Gasteiger partial charge in [0.05, 0.1) is 18.0 Å². The summed E-state index contributed by atoms with van der Waals surface area (Å²) in [6.45, 7) is 7.30. The Morgan fingerprint density at radius 2 is 1.94 bits per heavy atom. The van der Waals surface area contributed by atoms with Gasteiger partial charge in [-0.05, 0) is 51.8 Å². The Bertz CT molecular complexity index is 984. The lowest BCUT2D eigenvalue weighted by atomic mass is 9.79. The summed E-state index contributed by atoms with van der Waals surface area (Å²) in [4.78, 5) is 19.4. The molecule has 6 nitrogen and oxygen atoms in total. The van der Waals surface area contributed by atoms with Crippen LogP contribution in [0.2, 0.25) is 0 Å². The molecule has 2 aromatic rings. The van der Waals surface area contributed by atoms with E-state index < -0.39 is 10.8 Å². The number of nitrogens with zero attached hydrogens (tertiary/aromatic N) is 2. The second kappa shape index (κ2) is 8.61. The molecule has 1 saturated heterocycles. The Labute approximate surface area is 186 Å². The molecule has 166 valence electrons. The van der Waals surface area contributed by atoms with Gasteiger partial charge in [-0.25, -0.2) is 4.79 Å². The first kappa shape index (κ1) is 21.8. The Morgan fingerprint density at radius 3 is 2.55 bits per heavy atom. The van der Waals surface area contributed by atoms with Gasteiger partial charge in [0.15, 0.2) is 0 Å². The fourth-order valence-corrected chi connectivity index (χ4v) is 5.05. The zero-order valence-electron chi connectivity index (χ0n) is 18.6. The number of aromatic nitrogens is 1. The largest absolute Gasteiger partial charge is 0.485 e. The van der Waals surface area contributed by atoms with Crippen LogP contribution in [-0.4, -0.2) is 51.2 Å². The highest BCUT2D eigenvalue weighted by atomic mass is 32.2. The van der Waals surface area contributed by atoms with Gasteiger partial charge in [0.2, 0.25) is 0 Å². The minimum Gasteiger partial charge on any atom is -0.485 e. The van der Waals surface area contributed by atoms with Gasteiger partial charge in [-0.1, -0.05) is 12.1 Å². The van der Waals surface area contributed by atoms with Crippen molar-refractivity contribution in [1.29, 1.82) is 0 Å². The molecule has 2 atom stereocenters. The highest BCUT2D eigenvalue weighted by Gasteiger charge is 2.44. The molecule has 1 amide bonds. The average Bonchev–Trinajstić information content (AvgIpc) is 3.10. The number of rotatable bonds is 4. The number of hydrogen-bond acceptors (Lipinski definition) is 5. The normalized spacial score (nSPS) is 22.2. The van der Waals surface area contributed by atoms with Crippen LogP contribution in [0.1, 0.15) is 39.2 Å². The molecule has 1 aromatic heterocycles. The van der Waals surface area contributed by atoms with Crippen molar-refractivity contribution < 1.29 is 18.5 Å². The van der Waals surface area contributed by atoms with Gasteiger partial charge in [0.25, 0.3) is 0 Å². The minimum atomic E-state index is -0.988. The summed E-state index contributed by atoms with van der Waals surface area (Å²) in [6, 6.07) is 9.81. The van der Waals surface area contributed by atoms with Gasteiger partial charge in [-0.2, -0.15) is 0 Å². The van der Waals surface area contributed by atoms with E-state index in [9.17, 15) is 9.00 Å². The molecule has 0 radical (unpaired) electrons. The number of likely N-dealkylation sites (tertiary alicyclic amines) is 1. The van der Waals surface area contributed by atoms with Gasteiger partial charge >= 0.3 is 6.09 Å². The lowest BCUT2D eigenvalue weighted by molar-refractivity contribution is 0.00552. The van der Waals surface area contributed by atoms with E-state index in [1.54, 1.807) is 11.2 Å². The van der Waals surface area contributed by atoms with Crippen LogP contribution in [0.4, 0.5) is 4.79 Å². The first-order valence-electron chi connectivity index (χ1n) is 10.8. The van der Waals surface area contributed by atoms with Crippen LogP contribution >= 0.6 is 0 Å². The van der Waals surface area contributed by atoms with Crippen molar-refractivity contribution in [3.63, 3.8) is 0 Å². The highest BCUT2D eigenvalue weighted by Crippen LogP contribution is 2.43. The number of benzene rings is 1. The number of pyridine rings is 1. The molecule has 31 heavy (non-hydrogen) atoms. The van der Waals surface area contributed by atoms with E-state index in [-0.39, 0.29) is 17.8 Å². The number of piperidine rings is 1. The van der Waals surface area contributed by atoms with Gasteiger partial charge in [0, 0.05) is 58.5 Å². The minimum absolute atomic E-state index is 0.0996. The molecule has 7 heteroatoms. The van der Waals surface area contributed by atoms with Gasteiger partial charge in [-0.3, -0.25) is 9.19 Å². The summed E-state index contributed by atoms with van der Waals surface area (Å²) in [5.74, 6) is 1.21. The monoisotopic (exact) mass is 442 g/mol. The molecule has 3 heterocycles. The zero-order valence-corrected chi connectivity index (χ0v) is 19.4. The smallest absolute Gasteiger partial charge is 0.410 e. The fourth-order valence-electron chi connectivity index (χ4n) is 4.53. The van der Waals surface area contributed by atoms with Crippen LogP contribution in [0.15, 0.2) is 41.4 Å². The van der Waals surface area contributed by atoms with Crippen LogP contribution in [-0.2, 0) is 22.0 Å². The second-order valence-corrected chi connectivity index (χ2v) is 10.3. The standard InChI is InChI=1S/C24H30N2O4S/c1-16(2)29-23(27)26-11-9-19(10-12-26)24(3)14-18-13-21(25-15-22(18)30-24)17-5-7-20(8-6-17)31(4)28/h5-8,13,15-16,19H,9-12,14H2,1-4H3/t24-,31?/m0/s1. The third-order valence-corrected chi connectivity index (χ3v) is 7.20. The van der Waals surface area contributed by atoms with Crippen LogP contribution in [0, 0.1) is 5.92 Å². The third kappa shape index (κ3) is 4.61. The van der Waals surface area contributed by atoms with E-state index in [4.69, 9.17) is 9.47 Å². The summed E-state index contributed by atoms with van der Waals surface area (Å²) in [5.41, 5.74) is 2.77. The third-order valence-electron chi connectivity index (χ3n) is 6.27. The van der Waals surface area contributed by atoms with Gasteiger partial charge in [-0.15, -0.1) is 0 Å². The lowest BCUT2D eigenvalue weighted by Crippen LogP contribution is -2.48. The highest BCUT2D eigenvalue weighted by molar-refractivity contribution is 7.84. The summed E-state index contributed by atoms with van der Waals surface area (Å²) in [6.07, 6.45) is 5.80. The van der Waals surface area contributed by atoms with Gasteiger partial charge in [0.1, 0.15) is 11.4 Å². The van der Waals surface area contributed by atoms with Crippen molar-refractivity contribution in [2.75, 3.05) is 19.3 Å². The number of carbonyl (C=O) groups excluding carboxylic acids is 1. The SMILES string of the molecule is CC(C)OC(=O)N1CCC([C@]2(C)Cc3cc(-c4ccc(S(C)=O)cc4)ncc3O2)CC1. The Balaban J connectivity index is 1.43. The van der Waals surface area contributed by atoms with E-state index in [0.717, 1.165) is 46.7 Å². The van der Waals surface area contributed by atoms with Crippen LogP contribution in [0.3, 0.4) is 0 Å². The number of amides is 1. The van der Waals surface area contributed by atoms with Crippen LogP contribution < -0.4 is 4.74 Å². The zero-order chi connectivity index (χ0) is 22.2. The molecule has 0 spiro atoms. The number of hydrogen-bond donors (Lipinski definition) is 0. The predicted molar refractivity (Wildman–Crippen MR) is 121 cm³/mol. The van der Waals surface area contributed by atoms with Crippen molar-refractivity contribution in [2.45, 2.75) is 56.6 Å². The number of fused-ring (bicyclic) bond motifs is 1. The van der Waals surface area contributed by atoms with E-state index in [2.05, 4.69) is 18.0 Å². The number of ether oxygens (including phenoxy) is 2. The van der Waals surface area contributed by atoms with Crippen LogP contribution in [0.5, 0.6) is 5.75 Å². The molecule has 0 N–H and O–H groups in total. The average molecular weight is 443 g/mol. The molecule has 4 rings (SSSR count). The van der Waals surface area contributed by atoms with Crippen LogP contribution in [0.25, 0.3) is 11.3 Å². The fraction of sp³-hybridized carbons (Fsp3) is 0.500. The summed E-state index contributed by atoms with van der Waals surface area (Å²) < 4.78 is 23.4. The molecule has 1 unspecified atom stereocenters. The maximum absolute atomic E-state index is 12.2. The Hall–Kier alpha value is -2.41. The van der Waals surface area contributed by atoms with E-state index >= 15 is 0 Å². The lowest BCUT2D eigenvalue weighted by Gasteiger charge is -2.39. The first-order valence-corrected chi connectivity index (χ1v) is 12.4. The summed E-state index contributed by atoms with van der Waals surface area (Å²) >= 11 is 0. The first-order chi connectivity index (χ1) is 14.7. The summed E-state index contributed by atoms with van der Waals surface area (Å²) in [7, 11) is -0.988. The van der Waals surface area contributed by atoms with Crippen molar-refractivity contribution in [3.8, 4) is 17.0 Å². The van der Waals surface area contributed by atoms with Crippen molar-refractivity contribution in [1.82, 2.24) is 9.88 Å². The molecule has 0 aliphatic carbocycles. The molecule has 2 aliphatic heterocycles. The number of carbonyl (C=O) groups is 1. The molecular weight excluding hydrogens is 412 g/mol. The topological polar surface area (TPSA) is 68.7 Å². The summed E-state index contributed by atoms with van der Waals surface area (Å²) in [5, 5.41) is 0. The molecule has 2 aliphatic rings. The molecular formula is C24H30N2O4S. The molecule has 1 fully saturated rings. The molecule has 1 aromatic carbocycles. The van der Waals surface area contributed by atoms with Crippen molar-refractivity contribution >= 4 is 16.9 Å². The maximum atomic E-state index is 12.2. The molecule has 0 bridgehead atoms. The van der Waals surface area contributed by atoms with E-state index in [1.165, 1.54) is 0 Å². The van der Waals surface area contributed by atoms with Crippen molar-refractivity contribution in [3.05, 3.63) is 42.1 Å². The van der Waals surface area contributed by atoms with E-state index in [1.807, 2.05) is 44.3 Å².